The van der Waals surface area contributed by atoms with Crippen molar-refractivity contribution in [3.8, 4) is 5.75 Å². The van der Waals surface area contributed by atoms with E-state index in [1.807, 2.05) is 36.1 Å². The van der Waals surface area contributed by atoms with Crippen molar-refractivity contribution in [3.63, 3.8) is 0 Å². The van der Waals surface area contributed by atoms with Crippen LogP contribution in [0.25, 0.3) is 10.8 Å². The molecule has 0 fully saturated rings. The molecule has 4 nitrogen and oxygen atoms in total. The fraction of sp³-hybridized carbons (Fsp3) is 0.694. The van der Waals surface area contributed by atoms with Crippen LogP contribution in [0.15, 0.2) is 24.3 Å². The summed E-state index contributed by atoms with van der Waals surface area (Å²) in [5.74, 6) is 0.00254. The molecule has 0 radical (unpaired) electrons. The number of phenolic OH excluding ortho intramolecular Hbond substituents is 1. The SMILES string of the molecule is CCCCCCCCCCCCN(CCCCCCCCCCCC)C(=O)c1c(C)c(N)c2ccccc2c1O. The zero-order valence-corrected chi connectivity index (χ0v) is 26.2. The first-order valence-corrected chi connectivity index (χ1v) is 16.8. The van der Waals surface area contributed by atoms with Crippen molar-refractivity contribution in [1.29, 1.82) is 0 Å². The number of amides is 1. The predicted molar refractivity (Wildman–Crippen MR) is 174 cm³/mol. The van der Waals surface area contributed by atoms with E-state index >= 15 is 0 Å². The van der Waals surface area contributed by atoms with Gasteiger partial charge in [0.1, 0.15) is 5.75 Å². The van der Waals surface area contributed by atoms with Crippen molar-refractivity contribution < 1.29 is 9.90 Å². The van der Waals surface area contributed by atoms with Gasteiger partial charge in [0.05, 0.1) is 5.56 Å². The van der Waals surface area contributed by atoms with Gasteiger partial charge in [0.25, 0.3) is 5.91 Å². The highest BCUT2D eigenvalue weighted by atomic mass is 16.3. The van der Waals surface area contributed by atoms with Crippen molar-refractivity contribution in [2.75, 3.05) is 18.8 Å². The normalized spacial score (nSPS) is 11.4. The molecule has 0 aliphatic rings. The Bertz CT molecular complexity index is 947. The number of nitrogen functional groups attached to an aromatic ring is 1. The summed E-state index contributed by atoms with van der Waals surface area (Å²) in [7, 11) is 0. The summed E-state index contributed by atoms with van der Waals surface area (Å²) >= 11 is 0. The molecule has 0 atom stereocenters. The molecule has 0 aromatic heterocycles. The van der Waals surface area contributed by atoms with Crippen LogP contribution in [0.1, 0.15) is 158 Å². The molecular formula is C36H60N2O2. The second-order valence-corrected chi connectivity index (χ2v) is 12.0. The number of rotatable bonds is 23. The highest BCUT2D eigenvalue weighted by Gasteiger charge is 2.24. The zero-order valence-electron chi connectivity index (χ0n) is 26.2. The Hall–Kier alpha value is -2.23. The molecule has 1 amide bonds. The number of carbonyl (C=O) groups is 1. The lowest BCUT2D eigenvalue weighted by Crippen LogP contribution is -2.33. The van der Waals surface area contributed by atoms with E-state index in [1.54, 1.807) is 0 Å². The van der Waals surface area contributed by atoms with Crippen LogP contribution in [0.2, 0.25) is 0 Å². The van der Waals surface area contributed by atoms with Gasteiger partial charge in [-0.05, 0) is 25.3 Å². The van der Waals surface area contributed by atoms with Gasteiger partial charge in [0.15, 0.2) is 0 Å². The van der Waals surface area contributed by atoms with E-state index in [0.717, 1.165) is 44.2 Å². The number of nitrogens with two attached hydrogens (primary N) is 1. The monoisotopic (exact) mass is 552 g/mol. The van der Waals surface area contributed by atoms with Crippen LogP contribution in [0.4, 0.5) is 5.69 Å². The summed E-state index contributed by atoms with van der Waals surface area (Å²) in [6.45, 7) is 7.90. The molecular weight excluding hydrogens is 492 g/mol. The Labute approximate surface area is 246 Å². The van der Waals surface area contributed by atoms with Crippen LogP contribution in [-0.2, 0) is 0 Å². The average Bonchev–Trinajstić information content (AvgIpc) is 2.96. The van der Waals surface area contributed by atoms with Crippen molar-refractivity contribution in [2.24, 2.45) is 0 Å². The summed E-state index contributed by atoms with van der Waals surface area (Å²) in [5.41, 5.74) is 8.13. The molecule has 0 saturated heterocycles. The minimum absolute atomic E-state index is 0.0701. The van der Waals surface area contributed by atoms with Crippen molar-refractivity contribution in [2.45, 2.75) is 149 Å². The molecule has 2 aromatic carbocycles. The summed E-state index contributed by atoms with van der Waals surface area (Å²) in [5, 5.41) is 12.6. The van der Waals surface area contributed by atoms with Gasteiger partial charge < -0.3 is 15.7 Å². The largest absolute Gasteiger partial charge is 0.506 e. The van der Waals surface area contributed by atoms with Crippen molar-refractivity contribution in [1.82, 2.24) is 4.90 Å². The molecule has 0 aliphatic carbocycles. The van der Waals surface area contributed by atoms with Gasteiger partial charge in [-0.3, -0.25) is 4.79 Å². The zero-order chi connectivity index (χ0) is 29.0. The van der Waals surface area contributed by atoms with E-state index in [-0.39, 0.29) is 11.7 Å². The number of aromatic hydroxyl groups is 1. The molecule has 2 aromatic rings. The van der Waals surface area contributed by atoms with Gasteiger partial charge in [-0.2, -0.15) is 0 Å². The van der Waals surface area contributed by atoms with Crippen LogP contribution in [0.3, 0.4) is 0 Å². The Morgan fingerprint density at radius 1 is 0.650 bits per heavy atom. The van der Waals surface area contributed by atoms with Crippen LogP contribution in [-0.4, -0.2) is 29.0 Å². The predicted octanol–water partition coefficient (Wildman–Crippen LogP) is 10.7. The van der Waals surface area contributed by atoms with E-state index in [0.29, 0.717) is 22.2 Å². The van der Waals surface area contributed by atoms with E-state index < -0.39 is 0 Å². The summed E-state index contributed by atoms with van der Waals surface area (Å²) < 4.78 is 0. The van der Waals surface area contributed by atoms with E-state index in [1.165, 1.54) is 103 Å². The highest BCUT2D eigenvalue weighted by molar-refractivity contribution is 6.09. The molecule has 3 N–H and O–H groups in total. The van der Waals surface area contributed by atoms with Crippen LogP contribution in [0.5, 0.6) is 5.75 Å². The number of carbonyl (C=O) groups excluding carboxylic acids is 1. The molecule has 0 bridgehead atoms. The van der Waals surface area contributed by atoms with Gasteiger partial charge in [-0.1, -0.05) is 154 Å². The second-order valence-electron chi connectivity index (χ2n) is 12.0. The van der Waals surface area contributed by atoms with Gasteiger partial charge in [0, 0.05) is 29.5 Å². The molecule has 0 unspecified atom stereocenters. The molecule has 0 saturated carbocycles. The Kier molecular flexibility index (Phi) is 17.5. The highest BCUT2D eigenvalue weighted by Crippen LogP contribution is 2.37. The quantitative estimate of drug-likeness (QED) is 0.0818. The van der Waals surface area contributed by atoms with E-state index in [2.05, 4.69) is 13.8 Å². The maximum atomic E-state index is 13.9. The molecule has 2 rings (SSSR count). The topological polar surface area (TPSA) is 66.6 Å². The number of benzene rings is 2. The molecule has 40 heavy (non-hydrogen) atoms. The Morgan fingerprint density at radius 2 is 1.02 bits per heavy atom. The van der Waals surface area contributed by atoms with Gasteiger partial charge in [-0.25, -0.2) is 0 Å². The lowest BCUT2D eigenvalue weighted by atomic mass is 9.96. The van der Waals surface area contributed by atoms with Crippen molar-refractivity contribution in [3.05, 3.63) is 35.4 Å². The Balaban J connectivity index is 1.91. The first-order valence-electron chi connectivity index (χ1n) is 16.8. The summed E-state index contributed by atoms with van der Waals surface area (Å²) in [4.78, 5) is 15.9. The number of phenols is 1. The molecule has 4 heteroatoms. The number of unbranched alkanes of at least 4 members (excludes halogenated alkanes) is 18. The van der Waals surface area contributed by atoms with E-state index in [9.17, 15) is 9.90 Å². The first kappa shape index (κ1) is 34.0. The minimum atomic E-state index is -0.0701. The number of fused-ring (bicyclic) bond motifs is 1. The number of hydrogen-bond donors (Lipinski definition) is 2. The van der Waals surface area contributed by atoms with Gasteiger partial charge in [0.2, 0.25) is 0 Å². The second kappa shape index (κ2) is 20.6. The standard InChI is InChI=1S/C36H60N2O2/c1-4-6-8-10-12-14-16-18-20-24-28-38(29-25-21-19-17-15-13-11-9-7-5-2)36(40)33-30(3)34(37)31-26-22-23-27-32(31)35(33)39/h22-23,26-27,39H,4-21,24-25,28-29,37H2,1-3H3. The summed E-state index contributed by atoms with van der Waals surface area (Å²) in [6.07, 6.45) is 25.6. The summed E-state index contributed by atoms with van der Waals surface area (Å²) in [6, 6.07) is 7.57. The Morgan fingerprint density at radius 3 is 1.45 bits per heavy atom. The number of nitrogens with zero attached hydrogens (tertiary/aromatic N) is 1. The number of hydrogen-bond acceptors (Lipinski definition) is 3. The van der Waals surface area contributed by atoms with Crippen LogP contribution in [0, 0.1) is 6.92 Å². The molecule has 0 heterocycles. The number of anilines is 1. The third kappa shape index (κ3) is 11.7. The van der Waals surface area contributed by atoms with E-state index in [4.69, 9.17) is 5.73 Å². The minimum Gasteiger partial charge on any atom is -0.506 e. The van der Waals surface area contributed by atoms with Gasteiger partial charge in [-0.15, -0.1) is 0 Å². The fourth-order valence-electron chi connectivity index (χ4n) is 5.89. The molecule has 0 spiro atoms. The fourth-order valence-corrected chi connectivity index (χ4v) is 5.89. The third-order valence-corrected chi connectivity index (χ3v) is 8.55. The van der Waals surface area contributed by atoms with Crippen LogP contribution < -0.4 is 5.73 Å². The molecule has 226 valence electrons. The lowest BCUT2D eigenvalue weighted by Gasteiger charge is -2.25. The molecule has 0 aliphatic heterocycles. The maximum absolute atomic E-state index is 13.9. The van der Waals surface area contributed by atoms with Crippen LogP contribution >= 0.6 is 0 Å². The van der Waals surface area contributed by atoms with Gasteiger partial charge >= 0.3 is 0 Å². The lowest BCUT2D eigenvalue weighted by molar-refractivity contribution is 0.0745. The smallest absolute Gasteiger partial charge is 0.257 e. The first-order chi connectivity index (χ1) is 19.5. The maximum Gasteiger partial charge on any atom is 0.257 e. The third-order valence-electron chi connectivity index (χ3n) is 8.55. The average molecular weight is 553 g/mol. The van der Waals surface area contributed by atoms with Crippen molar-refractivity contribution >= 4 is 22.4 Å².